The number of hydrogen-bond acceptors (Lipinski definition) is 5. The maximum Gasteiger partial charge on any atom is 0.225 e. The molecule has 6 rings (SSSR count). The average molecular weight is 502 g/mol. The predicted octanol–water partition coefficient (Wildman–Crippen LogP) is 5.38. The quantitative estimate of drug-likeness (QED) is 0.576. The number of ether oxygens (including phenoxy) is 1. The molecule has 3 aliphatic carbocycles. The van der Waals surface area contributed by atoms with Gasteiger partial charge in [0.2, 0.25) is 5.91 Å². The number of morpholine rings is 1. The van der Waals surface area contributed by atoms with Crippen molar-refractivity contribution in [3.63, 3.8) is 0 Å². The third kappa shape index (κ3) is 4.69. The number of hydrogen-bond donors (Lipinski definition) is 1. The summed E-state index contributed by atoms with van der Waals surface area (Å²) in [5.41, 5.74) is 3.93. The molecule has 5 atom stereocenters. The number of aromatic nitrogens is 1. The van der Waals surface area contributed by atoms with Crippen molar-refractivity contribution in [2.45, 2.75) is 64.2 Å². The molecular formula is C31H39N3O3. The molecule has 37 heavy (non-hydrogen) atoms. The number of carbonyl (C=O) groups is 2. The third-order valence-electron chi connectivity index (χ3n) is 9.85. The summed E-state index contributed by atoms with van der Waals surface area (Å²) in [5.74, 6) is 3.10. The Balaban J connectivity index is 1.06. The molecule has 1 amide bonds. The molecule has 6 heteroatoms. The van der Waals surface area contributed by atoms with Crippen LogP contribution in [0.25, 0.3) is 0 Å². The first kappa shape index (κ1) is 24.6. The van der Waals surface area contributed by atoms with E-state index >= 15 is 0 Å². The number of benzene rings is 1. The van der Waals surface area contributed by atoms with Gasteiger partial charge in [-0.3, -0.25) is 9.59 Å². The number of nitrogens with one attached hydrogen (secondary N) is 1. The average Bonchev–Trinajstić information content (AvgIpc) is 3.19. The second-order valence-corrected chi connectivity index (χ2v) is 11.8. The van der Waals surface area contributed by atoms with E-state index in [-0.39, 0.29) is 11.3 Å². The molecule has 196 valence electrons. The van der Waals surface area contributed by atoms with E-state index in [1.807, 2.05) is 18.3 Å². The molecule has 3 fully saturated rings. The molecule has 4 aliphatic rings. The maximum atomic E-state index is 13.2. The monoisotopic (exact) mass is 501 g/mol. The maximum absolute atomic E-state index is 13.2. The lowest BCUT2D eigenvalue weighted by Gasteiger charge is -2.50. The van der Waals surface area contributed by atoms with Gasteiger partial charge in [0.15, 0.2) is 0 Å². The topological polar surface area (TPSA) is 71.5 Å². The Hall–Kier alpha value is -2.73. The number of fused-ring (bicyclic) bond motifs is 5. The molecule has 0 bridgehead atoms. The SMILES string of the molecule is C[C@]12CCC3c4ccccc4CCC3C1[C@H](CCCC(=O)Nc1ccc(N3CCOCC3)cn1)CC2=O. The summed E-state index contributed by atoms with van der Waals surface area (Å²) in [6.45, 7) is 5.45. The smallest absolute Gasteiger partial charge is 0.225 e. The minimum atomic E-state index is -0.174. The van der Waals surface area contributed by atoms with Crippen LogP contribution in [0, 0.1) is 23.2 Å². The molecule has 1 aromatic heterocycles. The molecular weight excluding hydrogens is 462 g/mol. The molecule has 1 N–H and O–H groups in total. The highest BCUT2D eigenvalue weighted by Crippen LogP contribution is 2.62. The number of nitrogens with zero attached hydrogens (tertiary/aromatic N) is 2. The number of anilines is 2. The van der Waals surface area contributed by atoms with Crippen LogP contribution in [0.2, 0.25) is 0 Å². The lowest BCUT2D eigenvalue weighted by atomic mass is 9.54. The van der Waals surface area contributed by atoms with Gasteiger partial charge in [-0.2, -0.15) is 0 Å². The van der Waals surface area contributed by atoms with Gasteiger partial charge in [0.05, 0.1) is 25.1 Å². The van der Waals surface area contributed by atoms with Crippen LogP contribution < -0.4 is 10.2 Å². The van der Waals surface area contributed by atoms with Crippen molar-refractivity contribution in [2.75, 3.05) is 36.5 Å². The lowest BCUT2D eigenvalue weighted by Crippen LogP contribution is -2.44. The Kier molecular flexibility index (Phi) is 6.78. The zero-order valence-electron chi connectivity index (χ0n) is 22.0. The molecule has 3 unspecified atom stereocenters. The fraction of sp³-hybridized carbons (Fsp3) is 0.581. The zero-order valence-corrected chi connectivity index (χ0v) is 22.0. The zero-order chi connectivity index (χ0) is 25.4. The van der Waals surface area contributed by atoms with Gasteiger partial charge in [-0.25, -0.2) is 4.98 Å². The molecule has 2 aromatic rings. The number of aryl methyl sites for hydroxylation is 1. The molecule has 2 saturated carbocycles. The molecule has 0 spiro atoms. The van der Waals surface area contributed by atoms with E-state index in [4.69, 9.17) is 4.74 Å². The van der Waals surface area contributed by atoms with Crippen LogP contribution >= 0.6 is 0 Å². The summed E-state index contributed by atoms with van der Waals surface area (Å²) >= 11 is 0. The molecule has 1 saturated heterocycles. The summed E-state index contributed by atoms with van der Waals surface area (Å²) in [6.07, 6.45) is 9.22. The first-order valence-electron chi connectivity index (χ1n) is 14.2. The second kappa shape index (κ2) is 10.2. The van der Waals surface area contributed by atoms with E-state index in [0.717, 1.165) is 64.1 Å². The van der Waals surface area contributed by atoms with E-state index in [1.165, 1.54) is 17.5 Å². The summed E-state index contributed by atoms with van der Waals surface area (Å²) in [6, 6.07) is 12.9. The fourth-order valence-electron chi connectivity index (χ4n) is 8.05. The molecule has 1 aliphatic heterocycles. The normalized spacial score (nSPS) is 30.8. The Morgan fingerprint density at radius 3 is 2.81 bits per heavy atom. The van der Waals surface area contributed by atoms with Crippen LogP contribution in [-0.2, 0) is 20.7 Å². The summed E-state index contributed by atoms with van der Waals surface area (Å²) in [4.78, 5) is 32.7. The van der Waals surface area contributed by atoms with E-state index in [2.05, 4.69) is 46.4 Å². The summed E-state index contributed by atoms with van der Waals surface area (Å²) in [7, 11) is 0. The van der Waals surface area contributed by atoms with E-state index in [9.17, 15) is 9.59 Å². The summed E-state index contributed by atoms with van der Waals surface area (Å²) in [5, 5.41) is 2.97. The van der Waals surface area contributed by atoms with E-state index in [0.29, 0.717) is 48.1 Å². The number of Topliss-reactive ketones (excluding diaryl/α,β-unsaturated/α-hetero) is 1. The minimum absolute atomic E-state index is 0.00632. The second-order valence-electron chi connectivity index (χ2n) is 11.8. The van der Waals surface area contributed by atoms with E-state index in [1.54, 1.807) is 0 Å². The van der Waals surface area contributed by atoms with Gasteiger partial charge in [0, 0.05) is 31.3 Å². The lowest BCUT2D eigenvalue weighted by molar-refractivity contribution is -0.129. The van der Waals surface area contributed by atoms with Crippen LogP contribution in [0.4, 0.5) is 11.5 Å². The Morgan fingerprint density at radius 2 is 2.00 bits per heavy atom. The van der Waals surface area contributed by atoms with Crippen molar-refractivity contribution < 1.29 is 14.3 Å². The standard InChI is InChI=1S/C31H39N3O3/c1-31-14-13-25-24-7-3-2-5-21(24)9-11-26(25)30(31)22(19-27(31)35)6-4-8-29(36)33-28-12-10-23(20-32-28)34-15-17-37-18-16-34/h2-3,5,7,10,12,20,22,25-26,30H,4,6,8-9,11,13-19H2,1H3,(H,32,33,36)/t22-,25?,26?,30?,31-/m1/s1. The van der Waals surface area contributed by atoms with Crippen LogP contribution in [0.3, 0.4) is 0 Å². The number of carbonyl (C=O) groups excluding carboxylic acids is 2. The number of pyridine rings is 1. The van der Waals surface area contributed by atoms with E-state index < -0.39 is 0 Å². The predicted molar refractivity (Wildman–Crippen MR) is 145 cm³/mol. The van der Waals surface area contributed by atoms with Crippen molar-refractivity contribution in [3.8, 4) is 0 Å². The van der Waals surface area contributed by atoms with Gasteiger partial charge in [0.25, 0.3) is 0 Å². The van der Waals surface area contributed by atoms with Gasteiger partial charge >= 0.3 is 0 Å². The Labute approximate surface area is 220 Å². The van der Waals surface area contributed by atoms with Crippen molar-refractivity contribution >= 4 is 23.2 Å². The molecule has 2 heterocycles. The van der Waals surface area contributed by atoms with Crippen LogP contribution in [0.15, 0.2) is 42.6 Å². The van der Waals surface area contributed by atoms with Crippen molar-refractivity contribution in [2.24, 2.45) is 23.2 Å². The van der Waals surface area contributed by atoms with Crippen LogP contribution in [0.5, 0.6) is 0 Å². The highest BCUT2D eigenvalue weighted by atomic mass is 16.5. The fourth-order valence-corrected chi connectivity index (χ4v) is 8.05. The summed E-state index contributed by atoms with van der Waals surface area (Å²) < 4.78 is 5.41. The van der Waals surface area contributed by atoms with Gasteiger partial charge in [-0.05, 0) is 85.5 Å². The Morgan fingerprint density at radius 1 is 1.16 bits per heavy atom. The molecule has 0 radical (unpaired) electrons. The number of amides is 1. The largest absolute Gasteiger partial charge is 0.378 e. The van der Waals surface area contributed by atoms with Crippen molar-refractivity contribution in [3.05, 3.63) is 53.7 Å². The number of rotatable bonds is 6. The minimum Gasteiger partial charge on any atom is -0.378 e. The van der Waals surface area contributed by atoms with Crippen LogP contribution in [0.1, 0.15) is 68.9 Å². The highest BCUT2D eigenvalue weighted by molar-refractivity contribution is 5.90. The third-order valence-corrected chi connectivity index (χ3v) is 9.85. The molecule has 6 nitrogen and oxygen atoms in total. The first-order chi connectivity index (χ1) is 18.0. The van der Waals surface area contributed by atoms with Gasteiger partial charge in [-0.15, -0.1) is 0 Å². The number of ketones is 1. The highest BCUT2D eigenvalue weighted by Gasteiger charge is 2.58. The van der Waals surface area contributed by atoms with Crippen molar-refractivity contribution in [1.82, 2.24) is 4.98 Å². The molecule has 1 aromatic carbocycles. The van der Waals surface area contributed by atoms with Gasteiger partial charge < -0.3 is 15.0 Å². The Bertz CT molecular complexity index is 1140. The van der Waals surface area contributed by atoms with Gasteiger partial charge in [0.1, 0.15) is 11.6 Å². The van der Waals surface area contributed by atoms with Gasteiger partial charge in [-0.1, -0.05) is 31.2 Å². The van der Waals surface area contributed by atoms with Crippen LogP contribution in [-0.4, -0.2) is 43.0 Å². The first-order valence-corrected chi connectivity index (χ1v) is 14.2. The van der Waals surface area contributed by atoms with Crippen molar-refractivity contribution in [1.29, 1.82) is 0 Å².